The fourth-order valence-electron chi connectivity index (χ4n) is 1.55. The van der Waals surface area contributed by atoms with Gasteiger partial charge in [-0.15, -0.1) is 0 Å². The number of carbonyl (C=O) groups is 1. The van der Waals surface area contributed by atoms with Crippen LogP contribution in [0.4, 0.5) is 0 Å². The summed E-state index contributed by atoms with van der Waals surface area (Å²) in [5, 5.41) is 9.17. The first-order valence-electron chi connectivity index (χ1n) is 5.33. The zero-order valence-corrected chi connectivity index (χ0v) is 12.1. The SMILES string of the molecule is Cc1ccc(C(=O)O)c(Sc2cccc(Br)c2)c1. The Morgan fingerprint density at radius 2 is 2.00 bits per heavy atom. The summed E-state index contributed by atoms with van der Waals surface area (Å²) in [5.74, 6) is -0.896. The molecule has 2 aromatic carbocycles. The number of benzene rings is 2. The molecule has 0 aliphatic heterocycles. The summed E-state index contributed by atoms with van der Waals surface area (Å²) in [6.07, 6.45) is 0. The smallest absolute Gasteiger partial charge is 0.336 e. The molecular weight excluding hydrogens is 312 g/mol. The van der Waals surface area contributed by atoms with Gasteiger partial charge < -0.3 is 5.11 Å². The predicted octanol–water partition coefficient (Wildman–Crippen LogP) is 4.61. The fourth-order valence-corrected chi connectivity index (χ4v) is 3.20. The average molecular weight is 323 g/mol. The van der Waals surface area contributed by atoms with Gasteiger partial charge in [0, 0.05) is 14.3 Å². The van der Waals surface area contributed by atoms with Crippen LogP contribution in [0.3, 0.4) is 0 Å². The van der Waals surface area contributed by atoms with E-state index < -0.39 is 5.97 Å². The van der Waals surface area contributed by atoms with Crippen LogP contribution in [0, 0.1) is 6.92 Å². The average Bonchev–Trinajstić information content (AvgIpc) is 2.28. The summed E-state index contributed by atoms with van der Waals surface area (Å²) in [5.41, 5.74) is 1.39. The molecule has 0 aliphatic rings. The van der Waals surface area contributed by atoms with Crippen molar-refractivity contribution in [3.63, 3.8) is 0 Å². The molecule has 92 valence electrons. The minimum absolute atomic E-state index is 0.338. The van der Waals surface area contributed by atoms with Gasteiger partial charge in [0.25, 0.3) is 0 Å². The quantitative estimate of drug-likeness (QED) is 0.896. The van der Waals surface area contributed by atoms with E-state index >= 15 is 0 Å². The first kappa shape index (κ1) is 13.2. The van der Waals surface area contributed by atoms with Crippen molar-refractivity contribution >= 4 is 33.7 Å². The van der Waals surface area contributed by atoms with Gasteiger partial charge in [0.05, 0.1) is 5.56 Å². The maximum atomic E-state index is 11.2. The highest BCUT2D eigenvalue weighted by molar-refractivity contribution is 9.10. The highest BCUT2D eigenvalue weighted by Crippen LogP contribution is 2.32. The van der Waals surface area contributed by atoms with Crippen molar-refractivity contribution in [3.05, 3.63) is 58.1 Å². The van der Waals surface area contributed by atoms with Crippen molar-refractivity contribution in [1.29, 1.82) is 0 Å². The van der Waals surface area contributed by atoms with E-state index in [1.165, 1.54) is 11.8 Å². The van der Waals surface area contributed by atoms with Crippen LogP contribution in [0.25, 0.3) is 0 Å². The van der Waals surface area contributed by atoms with Crippen molar-refractivity contribution in [2.24, 2.45) is 0 Å². The van der Waals surface area contributed by atoms with Crippen LogP contribution >= 0.6 is 27.7 Å². The maximum Gasteiger partial charge on any atom is 0.336 e. The number of aromatic carboxylic acids is 1. The molecule has 0 aromatic heterocycles. The molecule has 2 aromatic rings. The van der Waals surface area contributed by atoms with Gasteiger partial charge in [0.2, 0.25) is 0 Å². The lowest BCUT2D eigenvalue weighted by atomic mass is 10.1. The first-order valence-corrected chi connectivity index (χ1v) is 6.94. The minimum atomic E-state index is -0.896. The molecule has 2 rings (SSSR count). The van der Waals surface area contributed by atoms with Crippen molar-refractivity contribution < 1.29 is 9.90 Å². The van der Waals surface area contributed by atoms with Gasteiger partial charge in [-0.05, 0) is 42.8 Å². The Bertz CT molecular complexity index is 596. The van der Waals surface area contributed by atoms with Gasteiger partial charge in [-0.3, -0.25) is 0 Å². The molecule has 4 heteroatoms. The van der Waals surface area contributed by atoms with E-state index in [4.69, 9.17) is 5.11 Å². The Morgan fingerprint density at radius 1 is 1.22 bits per heavy atom. The third-order valence-corrected chi connectivity index (χ3v) is 3.93. The van der Waals surface area contributed by atoms with Crippen molar-refractivity contribution in [2.45, 2.75) is 16.7 Å². The molecule has 1 N–H and O–H groups in total. The van der Waals surface area contributed by atoms with E-state index in [0.29, 0.717) is 5.56 Å². The molecule has 0 amide bonds. The summed E-state index contributed by atoms with van der Waals surface area (Å²) in [7, 11) is 0. The molecule has 18 heavy (non-hydrogen) atoms. The second-order valence-electron chi connectivity index (χ2n) is 3.86. The second-order valence-corrected chi connectivity index (χ2v) is 5.90. The van der Waals surface area contributed by atoms with Crippen LogP contribution in [-0.2, 0) is 0 Å². The molecule has 0 unspecified atom stereocenters. The number of hydrogen-bond donors (Lipinski definition) is 1. The number of hydrogen-bond acceptors (Lipinski definition) is 2. The lowest BCUT2D eigenvalue weighted by Gasteiger charge is -2.07. The first-order chi connectivity index (χ1) is 8.56. The molecule has 0 bridgehead atoms. The van der Waals surface area contributed by atoms with Gasteiger partial charge in [-0.1, -0.05) is 39.8 Å². The van der Waals surface area contributed by atoms with Crippen LogP contribution in [-0.4, -0.2) is 11.1 Å². The summed E-state index contributed by atoms with van der Waals surface area (Å²) in [6.45, 7) is 1.95. The predicted molar refractivity (Wildman–Crippen MR) is 76.4 cm³/mol. The lowest BCUT2D eigenvalue weighted by molar-refractivity contribution is 0.0693. The van der Waals surface area contributed by atoms with Gasteiger partial charge in [0.1, 0.15) is 0 Å². The molecule has 0 spiro atoms. The summed E-state index contributed by atoms with van der Waals surface area (Å²) in [4.78, 5) is 12.9. The van der Waals surface area contributed by atoms with Crippen molar-refractivity contribution in [1.82, 2.24) is 0 Å². The Morgan fingerprint density at radius 3 is 2.67 bits per heavy atom. The van der Waals surface area contributed by atoms with Gasteiger partial charge in [-0.25, -0.2) is 4.79 Å². The number of aryl methyl sites for hydroxylation is 1. The second kappa shape index (κ2) is 5.59. The van der Waals surface area contributed by atoms with Crippen LogP contribution in [0.1, 0.15) is 15.9 Å². The molecule has 0 heterocycles. The van der Waals surface area contributed by atoms with Crippen LogP contribution in [0.15, 0.2) is 56.7 Å². The van der Waals surface area contributed by atoms with Crippen LogP contribution < -0.4 is 0 Å². The summed E-state index contributed by atoms with van der Waals surface area (Å²) < 4.78 is 0.983. The van der Waals surface area contributed by atoms with Gasteiger partial charge in [-0.2, -0.15) is 0 Å². The fraction of sp³-hybridized carbons (Fsp3) is 0.0714. The van der Waals surface area contributed by atoms with Crippen molar-refractivity contribution in [3.8, 4) is 0 Å². The van der Waals surface area contributed by atoms with Gasteiger partial charge >= 0.3 is 5.97 Å². The van der Waals surface area contributed by atoms with E-state index in [2.05, 4.69) is 15.9 Å². The monoisotopic (exact) mass is 322 g/mol. The topological polar surface area (TPSA) is 37.3 Å². The summed E-state index contributed by atoms with van der Waals surface area (Å²) >= 11 is 4.87. The minimum Gasteiger partial charge on any atom is -0.478 e. The molecule has 0 fully saturated rings. The zero-order valence-electron chi connectivity index (χ0n) is 9.68. The molecule has 0 saturated heterocycles. The van der Waals surface area contributed by atoms with E-state index in [-0.39, 0.29) is 0 Å². The third-order valence-electron chi connectivity index (χ3n) is 2.39. The number of halogens is 1. The van der Waals surface area contributed by atoms with Crippen molar-refractivity contribution in [2.75, 3.05) is 0 Å². The highest BCUT2D eigenvalue weighted by atomic mass is 79.9. The number of carboxylic acids is 1. The van der Waals surface area contributed by atoms with E-state index in [0.717, 1.165) is 19.8 Å². The Kier molecular flexibility index (Phi) is 4.09. The van der Waals surface area contributed by atoms with E-state index in [9.17, 15) is 4.79 Å². The molecule has 2 nitrogen and oxygen atoms in total. The Hall–Kier alpha value is -1.26. The Balaban J connectivity index is 2.39. The third kappa shape index (κ3) is 3.15. The Labute approximate surface area is 118 Å². The number of carboxylic acid groups (broad SMARTS) is 1. The molecular formula is C14H11BrO2S. The largest absolute Gasteiger partial charge is 0.478 e. The highest BCUT2D eigenvalue weighted by Gasteiger charge is 2.11. The van der Waals surface area contributed by atoms with Gasteiger partial charge in [0.15, 0.2) is 0 Å². The summed E-state index contributed by atoms with van der Waals surface area (Å²) in [6, 6.07) is 13.2. The zero-order chi connectivity index (χ0) is 13.1. The number of rotatable bonds is 3. The van der Waals surface area contributed by atoms with E-state index in [1.54, 1.807) is 6.07 Å². The molecule has 0 aliphatic carbocycles. The maximum absolute atomic E-state index is 11.2. The molecule has 0 atom stereocenters. The normalized spacial score (nSPS) is 10.3. The lowest BCUT2D eigenvalue weighted by Crippen LogP contribution is -1.98. The van der Waals surface area contributed by atoms with E-state index in [1.807, 2.05) is 43.3 Å². The van der Waals surface area contributed by atoms with Crippen LogP contribution in [0.5, 0.6) is 0 Å². The molecule has 0 radical (unpaired) electrons. The standard InChI is InChI=1S/C14H11BrO2S/c1-9-5-6-12(14(16)17)13(7-9)18-11-4-2-3-10(15)8-11/h2-8H,1H3,(H,16,17). The van der Waals surface area contributed by atoms with Crippen LogP contribution in [0.2, 0.25) is 0 Å². The molecule has 0 saturated carbocycles.